The van der Waals surface area contributed by atoms with Crippen LogP contribution >= 0.6 is 0 Å². The molecule has 7 rings (SSSR count). The average molecular weight is 509 g/mol. The molecule has 4 aliphatic carbocycles. The molecular formula is C31H40O6. The molecule has 1 spiro atoms. The van der Waals surface area contributed by atoms with E-state index in [1.807, 2.05) is 0 Å². The largest absolute Gasteiger partial charge is 0.465 e. The summed E-state index contributed by atoms with van der Waals surface area (Å²) in [5.41, 5.74) is 2.69. The first-order chi connectivity index (χ1) is 17.9. The first kappa shape index (κ1) is 24.3. The SMILES string of the molecule is C[C@]12C[C@H](c3ccc(OC4CCCCO4)cc3)C3=C4CCC5(CC4(O)CCC3C1CCC2=O)OCCO5. The van der Waals surface area contributed by atoms with E-state index in [1.54, 1.807) is 0 Å². The van der Waals surface area contributed by atoms with Crippen LogP contribution in [-0.4, -0.2) is 48.4 Å². The summed E-state index contributed by atoms with van der Waals surface area (Å²) in [6.45, 7) is 4.19. The van der Waals surface area contributed by atoms with E-state index in [9.17, 15) is 9.90 Å². The Morgan fingerprint density at radius 1 is 0.973 bits per heavy atom. The van der Waals surface area contributed by atoms with Crippen molar-refractivity contribution in [2.24, 2.45) is 17.3 Å². The van der Waals surface area contributed by atoms with Gasteiger partial charge in [-0.2, -0.15) is 0 Å². The third kappa shape index (κ3) is 3.93. The molecule has 6 atom stereocenters. The number of fused-ring (bicyclic) bond motifs is 4. The quantitative estimate of drug-likeness (QED) is 0.549. The smallest absolute Gasteiger partial charge is 0.199 e. The van der Waals surface area contributed by atoms with Gasteiger partial charge >= 0.3 is 0 Å². The van der Waals surface area contributed by atoms with Gasteiger partial charge in [-0.1, -0.05) is 24.6 Å². The fourth-order valence-electron chi connectivity index (χ4n) is 8.82. The van der Waals surface area contributed by atoms with E-state index >= 15 is 0 Å². The van der Waals surface area contributed by atoms with Crippen LogP contribution in [0, 0.1) is 17.3 Å². The van der Waals surface area contributed by atoms with E-state index in [0.717, 1.165) is 70.1 Å². The lowest BCUT2D eigenvalue weighted by Gasteiger charge is -2.55. The highest BCUT2D eigenvalue weighted by molar-refractivity contribution is 5.87. The molecule has 6 aliphatic rings. The molecule has 2 saturated heterocycles. The molecule has 2 aliphatic heterocycles. The lowest BCUT2D eigenvalue weighted by atomic mass is 9.51. The Kier molecular flexibility index (Phi) is 5.85. The predicted octanol–water partition coefficient (Wildman–Crippen LogP) is 5.43. The molecule has 6 heteroatoms. The third-order valence-corrected chi connectivity index (χ3v) is 10.6. The number of ketones is 1. The molecular weight excluding hydrogens is 468 g/mol. The van der Waals surface area contributed by atoms with E-state index in [-0.39, 0.29) is 17.6 Å². The zero-order valence-corrected chi connectivity index (χ0v) is 22.0. The molecule has 3 saturated carbocycles. The minimum atomic E-state index is -0.885. The van der Waals surface area contributed by atoms with Crippen LogP contribution in [0.15, 0.2) is 35.4 Å². The number of hydrogen-bond donors (Lipinski definition) is 1. The fraction of sp³-hybridized carbons (Fsp3) is 0.710. The van der Waals surface area contributed by atoms with Gasteiger partial charge in [0.25, 0.3) is 0 Å². The van der Waals surface area contributed by atoms with Gasteiger partial charge in [0.2, 0.25) is 0 Å². The molecule has 4 unspecified atom stereocenters. The second-order valence-corrected chi connectivity index (χ2v) is 12.6. The van der Waals surface area contributed by atoms with Crippen molar-refractivity contribution in [1.29, 1.82) is 0 Å². The molecule has 6 nitrogen and oxygen atoms in total. The van der Waals surface area contributed by atoms with E-state index < -0.39 is 11.4 Å². The molecule has 37 heavy (non-hydrogen) atoms. The lowest BCUT2D eigenvalue weighted by molar-refractivity contribution is -0.208. The summed E-state index contributed by atoms with van der Waals surface area (Å²) in [5.74, 6) is 1.50. The molecule has 0 bridgehead atoms. The van der Waals surface area contributed by atoms with Gasteiger partial charge in [0.05, 0.1) is 25.4 Å². The second-order valence-electron chi connectivity index (χ2n) is 12.6. The van der Waals surface area contributed by atoms with Gasteiger partial charge in [-0.05, 0) is 80.1 Å². The standard InChI is InChI=1S/C31H40O6/c1-29-18-23(20-5-7-21(8-6-20)37-27-4-2-3-15-34-27)28-22(24(29)9-10-26(29)32)11-13-30(33)19-31(14-12-25(28)30)35-16-17-36-31/h5-8,22-24,27,33H,2-4,9-19H2,1H3/t22?,23-,24?,27?,29+,30?/m1/s1. The Morgan fingerprint density at radius 3 is 2.54 bits per heavy atom. The second kappa shape index (κ2) is 8.90. The van der Waals surface area contributed by atoms with Crippen molar-refractivity contribution < 1.29 is 28.8 Å². The minimum Gasteiger partial charge on any atom is -0.465 e. The number of aliphatic hydroxyl groups is 1. The Bertz CT molecular complexity index is 1080. The Hall–Kier alpha value is -1.73. The normalized spacial score (nSPS) is 40.9. The number of ether oxygens (including phenoxy) is 4. The number of allylic oxidation sites excluding steroid dienone is 1. The van der Waals surface area contributed by atoms with Gasteiger partial charge in [-0.25, -0.2) is 0 Å². The molecule has 0 aromatic heterocycles. The Balaban J connectivity index is 1.25. The third-order valence-electron chi connectivity index (χ3n) is 10.6. The van der Waals surface area contributed by atoms with Crippen LogP contribution in [0.5, 0.6) is 5.75 Å². The first-order valence-electron chi connectivity index (χ1n) is 14.5. The van der Waals surface area contributed by atoms with E-state index in [1.165, 1.54) is 16.7 Å². The van der Waals surface area contributed by atoms with Gasteiger partial charge in [-0.15, -0.1) is 0 Å². The maximum atomic E-state index is 13.2. The Morgan fingerprint density at radius 2 is 1.78 bits per heavy atom. The van der Waals surface area contributed by atoms with Crippen LogP contribution < -0.4 is 4.74 Å². The zero-order chi connectivity index (χ0) is 25.3. The summed E-state index contributed by atoms with van der Waals surface area (Å²) in [5, 5.41) is 12.1. The minimum absolute atomic E-state index is 0.134. The topological polar surface area (TPSA) is 74.2 Å². The highest BCUT2D eigenvalue weighted by Gasteiger charge is 2.60. The number of benzene rings is 1. The lowest BCUT2D eigenvalue weighted by Crippen LogP contribution is -2.53. The summed E-state index contributed by atoms with van der Waals surface area (Å²) in [7, 11) is 0. The molecule has 1 N–H and O–H groups in total. The van der Waals surface area contributed by atoms with Crippen molar-refractivity contribution in [3.05, 3.63) is 41.0 Å². The molecule has 1 aromatic rings. The van der Waals surface area contributed by atoms with Gasteiger partial charge in [0, 0.05) is 37.0 Å². The van der Waals surface area contributed by atoms with E-state index in [4.69, 9.17) is 18.9 Å². The van der Waals surface area contributed by atoms with Gasteiger partial charge < -0.3 is 24.1 Å². The average Bonchev–Trinajstić information content (AvgIpc) is 3.47. The highest BCUT2D eigenvalue weighted by Crippen LogP contribution is 2.64. The van der Waals surface area contributed by atoms with Crippen molar-refractivity contribution in [1.82, 2.24) is 0 Å². The first-order valence-corrected chi connectivity index (χ1v) is 14.5. The van der Waals surface area contributed by atoms with E-state index in [0.29, 0.717) is 43.7 Å². The van der Waals surface area contributed by atoms with Crippen LogP contribution in [0.1, 0.15) is 89.0 Å². The molecule has 0 amide bonds. The number of carbonyl (C=O) groups is 1. The fourth-order valence-corrected chi connectivity index (χ4v) is 8.82. The molecule has 2 heterocycles. The Labute approximate surface area is 219 Å². The van der Waals surface area contributed by atoms with Crippen LogP contribution in [0.3, 0.4) is 0 Å². The molecule has 5 fully saturated rings. The molecule has 1 aromatic carbocycles. The maximum absolute atomic E-state index is 13.2. The van der Waals surface area contributed by atoms with Crippen LogP contribution in [0.2, 0.25) is 0 Å². The van der Waals surface area contributed by atoms with Crippen molar-refractivity contribution >= 4 is 5.78 Å². The van der Waals surface area contributed by atoms with Gasteiger partial charge in [-0.3, -0.25) is 4.79 Å². The van der Waals surface area contributed by atoms with Crippen molar-refractivity contribution in [3.8, 4) is 5.75 Å². The van der Waals surface area contributed by atoms with Gasteiger partial charge in [0.1, 0.15) is 11.5 Å². The molecule has 200 valence electrons. The van der Waals surface area contributed by atoms with Crippen LogP contribution in [-0.2, 0) is 19.0 Å². The summed E-state index contributed by atoms with van der Waals surface area (Å²) < 4.78 is 24.0. The molecule has 0 radical (unpaired) electrons. The summed E-state index contributed by atoms with van der Waals surface area (Å²) >= 11 is 0. The van der Waals surface area contributed by atoms with Crippen molar-refractivity contribution in [2.45, 2.75) is 101 Å². The summed E-state index contributed by atoms with van der Waals surface area (Å²) in [6.07, 6.45) is 9.27. The maximum Gasteiger partial charge on any atom is 0.199 e. The summed E-state index contributed by atoms with van der Waals surface area (Å²) in [4.78, 5) is 13.2. The van der Waals surface area contributed by atoms with Crippen molar-refractivity contribution in [2.75, 3.05) is 19.8 Å². The number of Topliss-reactive ketones (excluding diaryl/α,β-unsaturated/α-hetero) is 1. The number of carbonyl (C=O) groups excluding carboxylic acids is 1. The number of hydrogen-bond acceptors (Lipinski definition) is 6. The monoisotopic (exact) mass is 508 g/mol. The van der Waals surface area contributed by atoms with Crippen LogP contribution in [0.25, 0.3) is 0 Å². The number of rotatable bonds is 3. The highest BCUT2D eigenvalue weighted by atomic mass is 16.7. The zero-order valence-electron chi connectivity index (χ0n) is 22.0. The van der Waals surface area contributed by atoms with Crippen LogP contribution in [0.4, 0.5) is 0 Å². The summed E-state index contributed by atoms with van der Waals surface area (Å²) in [6, 6.07) is 8.47. The van der Waals surface area contributed by atoms with E-state index in [2.05, 4.69) is 31.2 Å². The van der Waals surface area contributed by atoms with Crippen molar-refractivity contribution in [3.63, 3.8) is 0 Å². The predicted molar refractivity (Wildman–Crippen MR) is 137 cm³/mol. The van der Waals surface area contributed by atoms with Gasteiger partial charge in [0.15, 0.2) is 12.1 Å².